The third-order valence-corrected chi connectivity index (χ3v) is 2.30. The highest BCUT2D eigenvalue weighted by Gasteiger charge is 2.02. The Balaban J connectivity index is 2.20. The van der Waals surface area contributed by atoms with Gasteiger partial charge in [0.1, 0.15) is 11.9 Å². The molecule has 0 spiro atoms. The van der Waals surface area contributed by atoms with Crippen LogP contribution < -0.4 is 0 Å². The SMILES string of the molecule is O=CCCCc1c[nH]c2ncccc12. The van der Waals surface area contributed by atoms with Crippen LogP contribution in [0.1, 0.15) is 18.4 Å². The Morgan fingerprint density at radius 2 is 2.43 bits per heavy atom. The molecule has 2 aromatic rings. The van der Waals surface area contributed by atoms with E-state index in [1.807, 2.05) is 12.3 Å². The largest absolute Gasteiger partial charge is 0.346 e. The second-order valence-electron chi connectivity index (χ2n) is 3.27. The molecule has 3 nitrogen and oxygen atoms in total. The van der Waals surface area contributed by atoms with Crippen molar-refractivity contribution in [2.45, 2.75) is 19.3 Å². The minimum absolute atomic E-state index is 0.632. The maximum Gasteiger partial charge on any atom is 0.137 e. The van der Waals surface area contributed by atoms with Gasteiger partial charge in [0.25, 0.3) is 0 Å². The maximum absolute atomic E-state index is 10.2. The number of nitrogens with one attached hydrogen (secondary N) is 1. The molecule has 2 aromatic heterocycles. The molecule has 0 atom stereocenters. The van der Waals surface area contributed by atoms with Crippen LogP contribution in [0.15, 0.2) is 24.5 Å². The van der Waals surface area contributed by atoms with Gasteiger partial charge in [0.2, 0.25) is 0 Å². The second-order valence-corrected chi connectivity index (χ2v) is 3.27. The van der Waals surface area contributed by atoms with E-state index in [0.717, 1.165) is 24.8 Å². The van der Waals surface area contributed by atoms with E-state index in [9.17, 15) is 4.79 Å². The van der Waals surface area contributed by atoms with Gasteiger partial charge >= 0.3 is 0 Å². The lowest BCUT2D eigenvalue weighted by Crippen LogP contribution is -1.84. The fourth-order valence-corrected chi connectivity index (χ4v) is 1.60. The number of aromatic nitrogens is 2. The Kier molecular flexibility index (Phi) is 2.58. The average molecular weight is 188 g/mol. The summed E-state index contributed by atoms with van der Waals surface area (Å²) in [5, 5.41) is 1.17. The van der Waals surface area contributed by atoms with Gasteiger partial charge in [-0.05, 0) is 30.5 Å². The fourth-order valence-electron chi connectivity index (χ4n) is 1.60. The number of pyridine rings is 1. The molecule has 0 aliphatic carbocycles. The first-order chi connectivity index (χ1) is 6.92. The molecule has 0 unspecified atom stereocenters. The second kappa shape index (κ2) is 4.05. The molecule has 14 heavy (non-hydrogen) atoms. The third kappa shape index (κ3) is 1.66. The standard InChI is InChI=1S/C11H12N2O/c14-7-2-1-4-9-8-13-11-10(9)5-3-6-12-11/h3,5-8H,1-2,4H2,(H,12,13). The minimum Gasteiger partial charge on any atom is -0.346 e. The van der Waals surface area contributed by atoms with Gasteiger partial charge in [-0.2, -0.15) is 0 Å². The highest BCUT2D eigenvalue weighted by molar-refractivity contribution is 5.79. The minimum atomic E-state index is 0.632. The molecule has 2 rings (SSSR count). The highest BCUT2D eigenvalue weighted by atomic mass is 16.1. The molecule has 0 fully saturated rings. The topological polar surface area (TPSA) is 45.8 Å². The summed E-state index contributed by atoms with van der Waals surface area (Å²) in [4.78, 5) is 17.5. The van der Waals surface area contributed by atoms with E-state index < -0.39 is 0 Å². The van der Waals surface area contributed by atoms with Gasteiger partial charge in [-0.15, -0.1) is 0 Å². The Bertz CT molecular complexity index is 434. The summed E-state index contributed by atoms with van der Waals surface area (Å²) in [6.45, 7) is 0. The van der Waals surface area contributed by atoms with Crippen molar-refractivity contribution in [1.82, 2.24) is 9.97 Å². The first-order valence-corrected chi connectivity index (χ1v) is 4.76. The number of hydrogen-bond donors (Lipinski definition) is 1. The summed E-state index contributed by atoms with van der Waals surface area (Å²) in [5.74, 6) is 0. The molecule has 2 heterocycles. The van der Waals surface area contributed by atoms with Crippen molar-refractivity contribution in [1.29, 1.82) is 0 Å². The molecule has 0 bridgehead atoms. The monoisotopic (exact) mass is 188 g/mol. The van der Waals surface area contributed by atoms with Gasteiger partial charge in [0.05, 0.1) is 0 Å². The molecule has 0 saturated heterocycles. The van der Waals surface area contributed by atoms with Gasteiger partial charge in [0.15, 0.2) is 0 Å². The van der Waals surface area contributed by atoms with E-state index in [1.165, 1.54) is 10.9 Å². The number of unbranched alkanes of at least 4 members (excludes halogenated alkanes) is 1. The Hall–Kier alpha value is -1.64. The van der Waals surface area contributed by atoms with Gasteiger partial charge in [-0.1, -0.05) is 0 Å². The van der Waals surface area contributed by atoms with Crippen molar-refractivity contribution in [2.24, 2.45) is 0 Å². The molecule has 0 aliphatic heterocycles. The van der Waals surface area contributed by atoms with Crippen LogP contribution in [0.25, 0.3) is 11.0 Å². The van der Waals surface area contributed by atoms with Gasteiger partial charge < -0.3 is 9.78 Å². The number of hydrogen-bond acceptors (Lipinski definition) is 2. The van der Waals surface area contributed by atoms with Gasteiger partial charge in [0, 0.05) is 24.2 Å². The Morgan fingerprint density at radius 1 is 1.50 bits per heavy atom. The van der Waals surface area contributed by atoms with Crippen LogP contribution in [-0.4, -0.2) is 16.3 Å². The predicted octanol–water partition coefficient (Wildman–Crippen LogP) is 2.08. The maximum atomic E-state index is 10.2. The Morgan fingerprint density at radius 3 is 3.29 bits per heavy atom. The number of aromatic amines is 1. The van der Waals surface area contributed by atoms with Crippen LogP contribution in [0.5, 0.6) is 0 Å². The summed E-state index contributed by atoms with van der Waals surface area (Å²) < 4.78 is 0. The molecule has 1 N–H and O–H groups in total. The summed E-state index contributed by atoms with van der Waals surface area (Å²) in [6, 6.07) is 3.98. The van der Waals surface area contributed by atoms with E-state index in [4.69, 9.17) is 0 Å². The van der Waals surface area contributed by atoms with Crippen molar-refractivity contribution >= 4 is 17.3 Å². The van der Waals surface area contributed by atoms with E-state index in [-0.39, 0.29) is 0 Å². The van der Waals surface area contributed by atoms with Crippen molar-refractivity contribution < 1.29 is 4.79 Å². The molecule has 0 aliphatic rings. The van der Waals surface area contributed by atoms with Crippen LogP contribution in [0.2, 0.25) is 0 Å². The molecule has 0 amide bonds. The number of nitrogens with zero attached hydrogens (tertiary/aromatic N) is 1. The number of carbonyl (C=O) groups is 1. The first kappa shape index (κ1) is 8.94. The molecule has 3 heteroatoms. The number of aldehydes is 1. The number of fused-ring (bicyclic) bond motifs is 1. The van der Waals surface area contributed by atoms with Crippen LogP contribution in [0.3, 0.4) is 0 Å². The van der Waals surface area contributed by atoms with E-state index in [1.54, 1.807) is 6.20 Å². The average Bonchev–Trinajstić information content (AvgIpc) is 2.63. The molecular weight excluding hydrogens is 176 g/mol. The summed E-state index contributed by atoms with van der Waals surface area (Å²) in [7, 11) is 0. The quantitative estimate of drug-likeness (QED) is 0.589. The lowest BCUT2D eigenvalue weighted by atomic mass is 10.1. The summed E-state index contributed by atoms with van der Waals surface area (Å²) in [6.07, 6.45) is 7.19. The zero-order valence-corrected chi connectivity index (χ0v) is 7.86. The number of carbonyl (C=O) groups excluding carboxylic acids is 1. The normalized spacial score (nSPS) is 10.6. The van der Waals surface area contributed by atoms with Crippen LogP contribution in [-0.2, 0) is 11.2 Å². The summed E-state index contributed by atoms with van der Waals surface area (Å²) in [5.41, 5.74) is 2.17. The molecule has 0 radical (unpaired) electrons. The highest BCUT2D eigenvalue weighted by Crippen LogP contribution is 2.17. The zero-order chi connectivity index (χ0) is 9.80. The molecule has 72 valence electrons. The van der Waals surface area contributed by atoms with Crippen LogP contribution in [0.4, 0.5) is 0 Å². The van der Waals surface area contributed by atoms with Crippen molar-refractivity contribution in [3.05, 3.63) is 30.1 Å². The third-order valence-electron chi connectivity index (χ3n) is 2.30. The van der Waals surface area contributed by atoms with Crippen LogP contribution >= 0.6 is 0 Å². The van der Waals surface area contributed by atoms with Crippen LogP contribution in [0, 0.1) is 0 Å². The summed E-state index contributed by atoms with van der Waals surface area (Å²) >= 11 is 0. The fraction of sp³-hybridized carbons (Fsp3) is 0.273. The molecule has 0 aromatic carbocycles. The first-order valence-electron chi connectivity index (χ1n) is 4.76. The number of H-pyrrole nitrogens is 1. The molecular formula is C11H12N2O. The van der Waals surface area contributed by atoms with Crippen molar-refractivity contribution in [2.75, 3.05) is 0 Å². The smallest absolute Gasteiger partial charge is 0.137 e. The van der Waals surface area contributed by atoms with Crippen molar-refractivity contribution in [3.8, 4) is 0 Å². The van der Waals surface area contributed by atoms with Crippen molar-refractivity contribution in [3.63, 3.8) is 0 Å². The van der Waals surface area contributed by atoms with Gasteiger partial charge in [-0.3, -0.25) is 0 Å². The molecule has 0 saturated carbocycles. The number of rotatable bonds is 4. The zero-order valence-electron chi connectivity index (χ0n) is 7.86. The van der Waals surface area contributed by atoms with E-state index in [0.29, 0.717) is 6.42 Å². The predicted molar refractivity (Wildman–Crippen MR) is 55.1 cm³/mol. The lowest BCUT2D eigenvalue weighted by Gasteiger charge is -1.95. The Labute approximate surface area is 82.2 Å². The van der Waals surface area contributed by atoms with Gasteiger partial charge in [-0.25, -0.2) is 4.98 Å². The van der Waals surface area contributed by atoms with E-state index in [2.05, 4.69) is 16.0 Å². The lowest BCUT2D eigenvalue weighted by molar-refractivity contribution is -0.107. The number of aryl methyl sites for hydroxylation is 1. The van der Waals surface area contributed by atoms with E-state index >= 15 is 0 Å².